The predicted molar refractivity (Wildman–Crippen MR) is 128 cm³/mol. The maximum Gasteiger partial charge on any atom is 0.371 e. The Morgan fingerprint density at radius 1 is 1.00 bits per heavy atom. The molecule has 0 aliphatic rings. The first-order valence-electron chi connectivity index (χ1n) is 10.3. The number of rotatable bonds is 7. The van der Waals surface area contributed by atoms with Crippen molar-refractivity contribution in [3.63, 3.8) is 0 Å². The Morgan fingerprint density at radius 2 is 1.69 bits per heavy atom. The molecule has 3 rings (SSSR count). The van der Waals surface area contributed by atoms with E-state index in [1.807, 2.05) is 79.7 Å². The van der Waals surface area contributed by atoms with Gasteiger partial charge in [0.05, 0.1) is 6.61 Å². The lowest BCUT2D eigenvalue weighted by atomic mass is 10.0. The molecular weight excluding hydrogens is 404 g/mol. The normalized spacial score (nSPS) is 11.0. The number of hydrogen-bond donors (Lipinski definition) is 2. The van der Waals surface area contributed by atoms with E-state index in [0.717, 1.165) is 33.6 Å². The molecule has 2 N–H and O–H groups in total. The smallest absolute Gasteiger partial charge is 0.371 e. The van der Waals surface area contributed by atoms with Crippen molar-refractivity contribution < 1.29 is 19.4 Å². The van der Waals surface area contributed by atoms with E-state index < -0.39 is 5.97 Å². The van der Waals surface area contributed by atoms with Gasteiger partial charge in [-0.3, -0.25) is 4.90 Å². The van der Waals surface area contributed by atoms with Gasteiger partial charge in [-0.25, -0.2) is 9.59 Å². The number of ether oxygens (including phenoxy) is 1. The Kier molecular flexibility index (Phi) is 7.29. The molecule has 0 fully saturated rings. The summed E-state index contributed by atoms with van der Waals surface area (Å²) in [7, 11) is 1.72. The van der Waals surface area contributed by atoms with E-state index in [9.17, 15) is 14.7 Å². The first kappa shape index (κ1) is 22.6. The number of carbonyl (C=O) groups is 2. The highest BCUT2D eigenvalue weighted by Crippen LogP contribution is 2.26. The number of anilines is 2. The number of benzene rings is 3. The van der Waals surface area contributed by atoms with Crippen LogP contribution in [0.4, 0.5) is 16.2 Å². The number of nitrogens with one attached hydrogen (secondary N) is 1. The van der Waals surface area contributed by atoms with Crippen LogP contribution in [0, 0.1) is 6.92 Å². The topological polar surface area (TPSA) is 78.9 Å². The number of aliphatic carboxylic acids is 1. The van der Waals surface area contributed by atoms with Crippen molar-refractivity contribution in [2.75, 3.05) is 23.9 Å². The van der Waals surface area contributed by atoms with Crippen molar-refractivity contribution in [1.29, 1.82) is 0 Å². The molecule has 0 aliphatic heterocycles. The Labute approximate surface area is 187 Å². The van der Waals surface area contributed by atoms with Gasteiger partial charge in [-0.2, -0.15) is 0 Å². The number of urea groups is 1. The molecule has 0 atom stereocenters. The largest absolute Gasteiger partial charge is 0.487 e. The molecule has 6 nitrogen and oxygen atoms in total. The zero-order chi connectivity index (χ0) is 23.1. The van der Waals surface area contributed by atoms with Crippen LogP contribution >= 0.6 is 0 Å². The molecule has 0 radical (unpaired) electrons. The third-order valence-electron chi connectivity index (χ3n) is 4.89. The highest BCUT2D eigenvalue weighted by molar-refractivity contribution is 6.01. The zero-order valence-corrected chi connectivity index (χ0v) is 18.3. The molecule has 0 aliphatic carbocycles. The van der Waals surface area contributed by atoms with Crippen LogP contribution in [0.3, 0.4) is 0 Å². The van der Waals surface area contributed by atoms with Crippen LogP contribution in [0.5, 0.6) is 0 Å². The molecule has 32 heavy (non-hydrogen) atoms. The summed E-state index contributed by atoms with van der Waals surface area (Å²) in [5, 5.41) is 12.1. The number of carboxylic acids is 1. The van der Waals surface area contributed by atoms with Crippen LogP contribution in [0.25, 0.3) is 17.2 Å². The predicted octanol–water partition coefficient (Wildman–Crippen LogP) is 5.79. The van der Waals surface area contributed by atoms with Crippen molar-refractivity contribution in [2.45, 2.75) is 13.8 Å². The summed E-state index contributed by atoms with van der Waals surface area (Å²) in [4.78, 5) is 25.4. The van der Waals surface area contributed by atoms with Crippen molar-refractivity contribution in [3.8, 4) is 11.1 Å². The fraction of sp³-hybridized carbons (Fsp3) is 0.154. The summed E-state index contributed by atoms with van der Waals surface area (Å²) in [6, 6.07) is 22.5. The highest BCUT2D eigenvalue weighted by Gasteiger charge is 2.12. The lowest BCUT2D eigenvalue weighted by molar-refractivity contribution is -0.136. The van der Waals surface area contributed by atoms with Crippen molar-refractivity contribution in [2.24, 2.45) is 0 Å². The van der Waals surface area contributed by atoms with Crippen molar-refractivity contribution in [3.05, 3.63) is 89.7 Å². The Hall–Kier alpha value is -4.06. The summed E-state index contributed by atoms with van der Waals surface area (Å²) >= 11 is 0. The maximum absolute atomic E-state index is 12.6. The average Bonchev–Trinajstić information content (AvgIpc) is 2.80. The molecule has 0 aromatic heterocycles. The first-order chi connectivity index (χ1) is 15.4. The fourth-order valence-corrected chi connectivity index (χ4v) is 3.10. The molecular formula is C26H26N2O4. The van der Waals surface area contributed by atoms with Gasteiger partial charge in [0.25, 0.3) is 0 Å². The fourth-order valence-electron chi connectivity index (χ4n) is 3.10. The lowest BCUT2D eigenvalue weighted by Crippen LogP contribution is -2.31. The van der Waals surface area contributed by atoms with Gasteiger partial charge in [0.1, 0.15) is 0 Å². The van der Waals surface area contributed by atoms with Gasteiger partial charge >= 0.3 is 12.0 Å². The van der Waals surface area contributed by atoms with Crippen LogP contribution in [0.1, 0.15) is 18.1 Å². The summed E-state index contributed by atoms with van der Waals surface area (Å²) in [6.07, 6.45) is 1.50. The molecule has 0 saturated heterocycles. The molecule has 2 amide bonds. The second-order valence-corrected chi connectivity index (χ2v) is 7.27. The van der Waals surface area contributed by atoms with Gasteiger partial charge in [0.15, 0.2) is 0 Å². The lowest BCUT2D eigenvalue weighted by Gasteiger charge is -2.19. The number of hydrogen-bond acceptors (Lipinski definition) is 3. The van der Waals surface area contributed by atoms with E-state index in [1.165, 1.54) is 6.08 Å². The van der Waals surface area contributed by atoms with Gasteiger partial charge in [0, 0.05) is 18.4 Å². The summed E-state index contributed by atoms with van der Waals surface area (Å²) in [5.74, 6) is -1.20. The third-order valence-corrected chi connectivity index (χ3v) is 4.89. The van der Waals surface area contributed by atoms with Gasteiger partial charge in [0.2, 0.25) is 5.76 Å². The van der Waals surface area contributed by atoms with Gasteiger partial charge in [-0.05, 0) is 60.9 Å². The average molecular weight is 431 g/mol. The molecule has 0 saturated carbocycles. The maximum atomic E-state index is 12.6. The molecule has 0 heterocycles. The summed E-state index contributed by atoms with van der Waals surface area (Å²) in [5.41, 5.74) is 5.23. The van der Waals surface area contributed by atoms with E-state index >= 15 is 0 Å². The summed E-state index contributed by atoms with van der Waals surface area (Å²) < 4.78 is 5.15. The van der Waals surface area contributed by atoms with Crippen LogP contribution in [0.2, 0.25) is 0 Å². The van der Waals surface area contributed by atoms with E-state index in [4.69, 9.17) is 4.74 Å². The first-order valence-corrected chi connectivity index (χ1v) is 10.3. The molecule has 0 bridgehead atoms. The van der Waals surface area contributed by atoms with Gasteiger partial charge in [-0.15, -0.1) is 0 Å². The van der Waals surface area contributed by atoms with Gasteiger partial charge in [-0.1, -0.05) is 54.1 Å². The molecule has 0 spiro atoms. The Morgan fingerprint density at radius 3 is 2.31 bits per heavy atom. The van der Waals surface area contributed by atoms with Crippen LogP contribution in [-0.4, -0.2) is 30.8 Å². The van der Waals surface area contributed by atoms with Gasteiger partial charge < -0.3 is 15.2 Å². The minimum Gasteiger partial charge on any atom is -0.487 e. The van der Waals surface area contributed by atoms with E-state index in [1.54, 1.807) is 18.9 Å². The van der Waals surface area contributed by atoms with Crippen LogP contribution in [0.15, 0.2) is 78.6 Å². The molecule has 164 valence electrons. The third kappa shape index (κ3) is 5.76. The molecule has 6 heteroatoms. The number of nitrogens with zero attached hydrogens (tertiary/aromatic N) is 1. The van der Waals surface area contributed by atoms with Crippen molar-refractivity contribution >= 4 is 29.5 Å². The Bertz CT molecular complexity index is 1120. The molecule has 3 aromatic rings. The highest BCUT2D eigenvalue weighted by atomic mass is 16.5. The summed E-state index contributed by atoms with van der Waals surface area (Å²) in [6.45, 7) is 4.02. The zero-order valence-electron chi connectivity index (χ0n) is 18.3. The van der Waals surface area contributed by atoms with E-state index in [0.29, 0.717) is 0 Å². The van der Waals surface area contributed by atoms with Crippen molar-refractivity contribution in [1.82, 2.24) is 0 Å². The molecule has 3 aromatic carbocycles. The van der Waals surface area contributed by atoms with Crippen LogP contribution < -0.4 is 10.2 Å². The number of carboxylic acid groups (broad SMARTS) is 1. The number of carbonyl (C=O) groups excluding carboxylic acids is 1. The standard InChI is InChI=1S/C26H26N2O4/c1-4-32-24(25(29)30)16-19-10-12-20(13-11-19)21-6-5-7-23(17-21)28(3)26(31)27-22-14-8-18(2)9-15-22/h5-17H,4H2,1-3H3,(H,27,31)(H,29,30)/b24-16-. The second kappa shape index (κ2) is 10.3. The second-order valence-electron chi connectivity index (χ2n) is 7.27. The van der Waals surface area contributed by atoms with E-state index in [-0.39, 0.29) is 18.4 Å². The quantitative estimate of drug-likeness (QED) is 0.367. The van der Waals surface area contributed by atoms with Crippen LogP contribution in [-0.2, 0) is 9.53 Å². The number of amides is 2. The SMILES string of the molecule is CCO/C(=C\c1ccc(-c2cccc(N(C)C(=O)Nc3ccc(C)cc3)c2)cc1)C(=O)O. The van der Waals surface area contributed by atoms with E-state index in [2.05, 4.69) is 5.32 Å². The minimum atomic E-state index is -1.10. The monoisotopic (exact) mass is 430 g/mol. The Balaban J connectivity index is 1.76. The number of aryl methyl sites for hydroxylation is 1. The minimum absolute atomic E-state index is 0.0940. The molecule has 0 unspecified atom stereocenters.